The second kappa shape index (κ2) is 6.06. The third-order valence-electron chi connectivity index (χ3n) is 4.62. The number of benzene rings is 1. The molecule has 3 atom stereocenters. The smallest absolute Gasteiger partial charge is 0.0682 e. The van der Waals surface area contributed by atoms with Crippen LogP contribution in [0, 0.1) is 0 Å². The number of nitrogens with zero attached hydrogens (tertiary/aromatic N) is 2. The summed E-state index contributed by atoms with van der Waals surface area (Å²) in [5.41, 5.74) is 1.39. The molecule has 0 radical (unpaired) electrons. The molecule has 2 aliphatic rings. The number of piperazine rings is 1. The van der Waals surface area contributed by atoms with Crippen molar-refractivity contribution in [1.29, 1.82) is 0 Å². The zero-order chi connectivity index (χ0) is 14.1. The maximum atomic E-state index is 9.82. The summed E-state index contributed by atoms with van der Waals surface area (Å²) >= 11 is 1.79. The van der Waals surface area contributed by atoms with Gasteiger partial charge in [0.15, 0.2) is 0 Å². The monoisotopic (exact) mass is 292 g/mol. The minimum atomic E-state index is -0.118. The second-order valence-electron chi connectivity index (χ2n) is 6.12. The Morgan fingerprint density at radius 3 is 2.65 bits per heavy atom. The van der Waals surface area contributed by atoms with E-state index in [1.54, 1.807) is 11.8 Å². The van der Waals surface area contributed by atoms with Crippen molar-refractivity contribution in [2.24, 2.45) is 0 Å². The molecule has 0 spiro atoms. The summed E-state index contributed by atoms with van der Waals surface area (Å²) in [7, 11) is 0. The van der Waals surface area contributed by atoms with Crippen molar-refractivity contribution in [3.05, 3.63) is 29.8 Å². The molecule has 110 valence electrons. The van der Waals surface area contributed by atoms with E-state index < -0.39 is 0 Å². The molecule has 2 aliphatic heterocycles. The first-order chi connectivity index (χ1) is 9.65. The molecule has 0 unspecified atom stereocenters. The van der Waals surface area contributed by atoms with Crippen molar-refractivity contribution in [2.45, 2.75) is 43.0 Å². The van der Waals surface area contributed by atoms with Gasteiger partial charge in [-0.3, -0.25) is 9.80 Å². The van der Waals surface area contributed by atoms with E-state index in [2.05, 4.69) is 47.2 Å². The van der Waals surface area contributed by atoms with Crippen molar-refractivity contribution in [3.8, 4) is 0 Å². The minimum Gasteiger partial charge on any atom is -0.392 e. The van der Waals surface area contributed by atoms with Gasteiger partial charge in [0.1, 0.15) is 0 Å². The summed E-state index contributed by atoms with van der Waals surface area (Å²) in [6.07, 6.45) is 2.93. The van der Waals surface area contributed by atoms with Gasteiger partial charge in [0.05, 0.1) is 6.10 Å². The predicted octanol–water partition coefficient (Wildman–Crippen LogP) is 2.05. The van der Waals surface area contributed by atoms with Gasteiger partial charge in [-0.2, -0.15) is 0 Å². The van der Waals surface area contributed by atoms with Crippen LogP contribution in [0.4, 0.5) is 0 Å². The van der Waals surface area contributed by atoms with E-state index in [-0.39, 0.29) is 6.10 Å². The molecule has 20 heavy (non-hydrogen) atoms. The Hall–Kier alpha value is -0.550. The van der Waals surface area contributed by atoms with Crippen LogP contribution < -0.4 is 0 Å². The lowest BCUT2D eigenvalue weighted by Gasteiger charge is -2.42. The Morgan fingerprint density at radius 2 is 1.95 bits per heavy atom. The van der Waals surface area contributed by atoms with Gasteiger partial charge >= 0.3 is 0 Å². The highest BCUT2D eigenvalue weighted by Gasteiger charge is 2.37. The third kappa shape index (κ3) is 3.03. The van der Waals surface area contributed by atoms with Crippen LogP contribution in [0.1, 0.15) is 18.9 Å². The SMILES string of the molecule is CSc1ccc(CN2C[C@@H]3C[C@@H](O)CN3C[C@H]2C)cc1. The number of rotatable bonds is 3. The summed E-state index contributed by atoms with van der Waals surface area (Å²) in [5, 5.41) is 9.82. The molecule has 1 N–H and O–H groups in total. The number of hydrogen-bond donors (Lipinski definition) is 1. The Balaban J connectivity index is 1.64. The lowest BCUT2D eigenvalue weighted by Crippen LogP contribution is -2.54. The highest BCUT2D eigenvalue weighted by atomic mass is 32.2. The van der Waals surface area contributed by atoms with Crippen molar-refractivity contribution in [3.63, 3.8) is 0 Å². The van der Waals surface area contributed by atoms with Crippen LogP contribution in [0.15, 0.2) is 29.2 Å². The molecule has 1 aromatic carbocycles. The van der Waals surface area contributed by atoms with Gasteiger partial charge in [-0.1, -0.05) is 12.1 Å². The minimum absolute atomic E-state index is 0.118. The molecule has 2 saturated heterocycles. The zero-order valence-corrected chi connectivity index (χ0v) is 13.1. The number of hydrogen-bond acceptors (Lipinski definition) is 4. The Kier molecular flexibility index (Phi) is 4.36. The zero-order valence-electron chi connectivity index (χ0n) is 12.3. The van der Waals surface area contributed by atoms with E-state index in [0.717, 1.165) is 32.6 Å². The van der Waals surface area contributed by atoms with Crippen molar-refractivity contribution < 1.29 is 5.11 Å². The molecule has 4 heteroatoms. The van der Waals surface area contributed by atoms with E-state index in [1.165, 1.54) is 10.5 Å². The van der Waals surface area contributed by atoms with E-state index in [9.17, 15) is 5.11 Å². The summed E-state index contributed by atoms with van der Waals surface area (Å²) in [5.74, 6) is 0. The van der Waals surface area contributed by atoms with E-state index in [1.807, 2.05) is 0 Å². The highest BCUT2D eigenvalue weighted by Crippen LogP contribution is 2.26. The Bertz CT molecular complexity index is 450. The van der Waals surface area contributed by atoms with Gasteiger partial charge in [-0.05, 0) is 37.3 Å². The van der Waals surface area contributed by atoms with Gasteiger partial charge in [-0.25, -0.2) is 0 Å². The summed E-state index contributed by atoms with van der Waals surface area (Å²) in [4.78, 5) is 6.35. The molecule has 0 amide bonds. The first-order valence-corrected chi connectivity index (χ1v) is 8.67. The van der Waals surface area contributed by atoms with Gasteiger partial charge in [0.25, 0.3) is 0 Å². The lowest BCUT2D eigenvalue weighted by molar-refractivity contribution is 0.0528. The van der Waals surface area contributed by atoms with Gasteiger partial charge in [0, 0.05) is 43.2 Å². The third-order valence-corrected chi connectivity index (χ3v) is 5.36. The number of aliphatic hydroxyl groups is 1. The van der Waals surface area contributed by atoms with Crippen LogP contribution in [0.3, 0.4) is 0 Å². The number of fused-ring (bicyclic) bond motifs is 1. The fourth-order valence-corrected chi connectivity index (χ4v) is 3.87. The first-order valence-electron chi connectivity index (χ1n) is 7.45. The lowest BCUT2D eigenvalue weighted by atomic mass is 10.1. The average Bonchev–Trinajstić information content (AvgIpc) is 2.79. The quantitative estimate of drug-likeness (QED) is 0.863. The number of aliphatic hydroxyl groups excluding tert-OH is 1. The average molecular weight is 292 g/mol. The molecule has 3 nitrogen and oxygen atoms in total. The largest absolute Gasteiger partial charge is 0.392 e. The van der Waals surface area contributed by atoms with E-state index in [4.69, 9.17) is 0 Å². The summed E-state index contributed by atoms with van der Waals surface area (Å²) < 4.78 is 0. The maximum absolute atomic E-state index is 9.82. The Labute approximate surface area is 126 Å². The molecule has 2 fully saturated rings. The van der Waals surface area contributed by atoms with Crippen LogP contribution in [0.5, 0.6) is 0 Å². The van der Waals surface area contributed by atoms with Crippen LogP contribution in [-0.4, -0.2) is 59.0 Å². The highest BCUT2D eigenvalue weighted by molar-refractivity contribution is 7.98. The molecule has 0 aromatic heterocycles. The molecule has 2 heterocycles. The molecular formula is C16H24N2OS. The first kappa shape index (κ1) is 14.4. The van der Waals surface area contributed by atoms with Crippen LogP contribution in [-0.2, 0) is 6.54 Å². The van der Waals surface area contributed by atoms with E-state index in [0.29, 0.717) is 12.1 Å². The van der Waals surface area contributed by atoms with E-state index >= 15 is 0 Å². The molecule has 1 aromatic rings. The van der Waals surface area contributed by atoms with Crippen molar-refractivity contribution >= 4 is 11.8 Å². The number of thioether (sulfide) groups is 1. The van der Waals surface area contributed by atoms with Crippen molar-refractivity contribution in [2.75, 3.05) is 25.9 Å². The predicted molar refractivity (Wildman–Crippen MR) is 84.1 cm³/mol. The van der Waals surface area contributed by atoms with Gasteiger partial charge in [-0.15, -0.1) is 11.8 Å². The van der Waals surface area contributed by atoms with Crippen LogP contribution >= 0.6 is 11.8 Å². The van der Waals surface area contributed by atoms with Crippen molar-refractivity contribution in [1.82, 2.24) is 9.80 Å². The summed E-state index contributed by atoms with van der Waals surface area (Å²) in [6, 6.07) is 10.0. The normalized spacial score (nSPS) is 31.4. The maximum Gasteiger partial charge on any atom is 0.0682 e. The van der Waals surface area contributed by atoms with Gasteiger partial charge in [0.2, 0.25) is 0 Å². The molecule has 0 bridgehead atoms. The summed E-state index contributed by atoms with van der Waals surface area (Å²) in [6.45, 7) is 6.37. The van der Waals surface area contributed by atoms with Crippen LogP contribution in [0.2, 0.25) is 0 Å². The molecule has 0 aliphatic carbocycles. The van der Waals surface area contributed by atoms with Gasteiger partial charge < -0.3 is 5.11 Å². The fraction of sp³-hybridized carbons (Fsp3) is 0.625. The second-order valence-corrected chi connectivity index (χ2v) is 7.00. The topological polar surface area (TPSA) is 26.7 Å². The molecular weight excluding hydrogens is 268 g/mol. The fourth-order valence-electron chi connectivity index (χ4n) is 3.46. The standard InChI is InChI=1S/C16H24N2OS/c1-12-8-18-11-15(19)7-14(18)10-17(12)9-13-3-5-16(20-2)6-4-13/h3-6,12,14-15,19H,7-11H2,1-2H3/t12-,14+,15-/m1/s1. The Morgan fingerprint density at radius 1 is 1.20 bits per heavy atom. The molecule has 0 saturated carbocycles. The molecule has 3 rings (SSSR count). The van der Waals surface area contributed by atoms with Crippen LogP contribution in [0.25, 0.3) is 0 Å².